The number of hydrogen-bond donors (Lipinski definition) is 2. The van der Waals surface area contributed by atoms with E-state index >= 15 is 0 Å². The molecule has 1 saturated carbocycles. The minimum atomic E-state index is 0. The van der Waals surface area contributed by atoms with Gasteiger partial charge in [0.2, 0.25) is 5.88 Å². The molecule has 3 fully saturated rings. The predicted molar refractivity (Wildman–Crippen MR) is 108 cm³/mol. The van der Waals surface area contributed by atoms with Crippen LogP contribution in [0.3, 0.4) is 0 Å². The second-order valence-corrected chi connectivity index (χ2v) is 7.05. The molecule has 6 nitrogen and oxygen atoms in total. The number of nitrogens with one attached hydrogen (secondary N) is 2. The number of nitrogens with zero attached hydrogens (tertiary/aromatic N) is 2. The van der Waals surface area contributed by atoms with Gasteiger partial charge < -0.3 is 20.1 Å². The van der Waals surface area contributed by atoms with Crippen LogP contribution in [0.4, 0.5) is 0 Å². The van der Waals surface area contributed by atoms with E-state index < -0.39 is 0 Å². The number of hydrogen-bond acceptors (Lipinski definition) is 4. The van der Waals surface area contributed by atoms with Gasteiger partial charge in [0.15, 0.2) is 5.96 Å². The Bertz CT molecular complexity index is 591. The molecular weight excluding hydrogens is 431 g/mol. The van der Waals surface area contributed by atoms with Crippen molar-refractivity contribution in [2.45, 2.75) is 56.9 Å². The highest BCUT2D eigenvalue weighted by molar-refractivity contribution is 14.0. The number of aromatic nitrogens is 1. The van der Waals surface area contributed by atoms with Crippen molar-refractivity contribution in [3.05, 3.63) is 23.9 Å². The summed E-state index contributed by atoms with van der Waals surface area (Å²) in [4.78, 5) is 8.69. The molecule has 3 aliphatic rings. The van der Waals surface area contributed by atoms with E-state index in [1.807, 2.05) is 12.3 Å². The minimum Gasteiger partial charge on any atom is -0.477 e. The quantitative estimate of drug-likeness (QED) is 0.390. The van der Waals surface area contributed by atoms with Crippen LogP contribution in [0.15, 0.2) is 23.3 Å². The molecule has 4 rings (SSSR count). The molecule has 2 aliphatic heterocycles. The molecule has 1 aromatic heterocycles. The van der Waals surface area contributed by atoms with Crippen molar-refractivity contribution >= 4 is 29.9 Å². The van der Waals surface area contributed by atoms with E-state index in [1.54, 1.807) is 7.05 Å². The molecule has 7 heteroatoms. The molecule has 2 N–H and O–H groups in total. The summed E-state index contributed by atoms with van der Waals surface area (Å²) in [6, 6.07) is 4.38. The number of halogens is 1. The Morgan fingerprint density at radius 1 is 1.32 bits per heavy atom. The second-order valence-electron chi connectivity index (χ2n) is 7.05. The highest BCUT2D eigenvalue weighted by Crippen LogP contribution is 2.34. The number of fused-ring (bicyclic) bond motifs is 2. The predicted octanol–water partition coefficient (Wildman–Crippen LogP) is 2.47. The monoisotopic (exact) mass is 458 g/mol. The molecule has 0 radical (unpaired) electrons. The van der Waals surface area contributed by atoms with E-state index in [4.69, 9.17) is 9.47 Å². The zero-order valence-electron chi connectivity index (χ0n) is 14.6. The molecule has 25 heavy (non-hydrogen) atoms. The molecular formula is C18H27IN4O2. The van der Waals surface area contributed by atoms with Gasteiger partial charge in [0, 0.05) is 25.9 Å². The van der Waals surface area contributed by atoms with E-state index in [0.717, 1.165) is 36.9 Å². The first-order valence-electron chi connectivity index (χ1n) is 9.00. The van der Waals surface area contributed by atoms with Crippen molar-refractivity contribution in [2.24, 2.45) is 10.9 Å². The smallest absolute Gasteiger partial charge is 0.213 e. The molecule has 2 saturated heterocycles. The van der Waals surface area contributed by atoms with Gasteiger partial charge in [-0.15, -0.1) is 24.0 Å². The summed E-state index contributed by atoms with van der Waals surface area (Å²) in [7, 11) is 1.80. The molecule has 3 atom stereocenters. The van der Waals surface area contributed by atoms with E-state index in [1.165, 1.54) is 19.3 Å². The van der Waals surface area contributed by atoms with Gasteiger partial charge in [0.25, 0.3) is 0 Å². The fraction of sp³-hybridized carbons (Fsp3) is 0.667. The molecule has 1 aromatic rings. The molecule has 2 bridgehead atoms. The summed E-state index contributed by atoms with van der Waals surface area (Å²) >= 11 is 0. The van der Waals surface area contributed by atoms with Gasteiger partial charge >= 0.3 is 0 Å². The third-order valence-electron chi connectivity index (χ3n) is 5.07. The van der Waals surface area contributed by atoms with Crippen molar-refractivity contribution < 1.29 is 9.47 Å². The largest absolute Gasteiger partial charge is 0.477 e. The fourth-order valence-corrected chi connectivity index (χ4v) is 3.43. The van der Waals surface area contributed by atoms with Gasteiger partial charge in [-0.2, -0.15) is 0 Å². The van der Waals surface area contributed by atoms with Crippen LogP contribution in [-0.4, -0.2) is 42.8 Å². The summed E-state index contributed by atoms with van der Waals surface area (Å²) < 4.78 is 11.5. The average Bonchev–Trinajstić information content (AvgIpc) is 3.22. The maximum atomic E-state index is 5.88. The van der Waals surface area contributed by atoms with Crippen LogP contribution in [0.25, 0.3) is 0 Å². The van der Waals surface area contributed by atoms with Gasteiger partial charge in [0.1, 0.15) is 0 Å². The topological polar surface area (TPSA) is 67.8 Å². The highest BCUT2D eigenvalue weighted by Gasteiger charge is 2.41. The van der Waals surface area contributed by atoms with Crippen LogP contribution in [0.1, 0.15) is 37.7 Å². The van der Waals surface area contributed by atoms with Crippen LogP contribution >= 0.6 is 24.0 Å². The maximum Gasteiger partial charge on any atom is 0.213 e. The third kappa shape index (κ3) is 4.97. The lowest BCUT2D eigenvalue weighted by Crippen LogP contribution is -2.47. The van der Waals surface area contributed by atoms with Crippen LogP contribution in [0.5, 0.6) is 5.88 Å². The first kappa shape index (κ1) is 18.7. The Morgan fingerprint density at radius 2 is 2.20 bits per heavy atom. The zero-order chi connectivity index (χ0) is 16.4. The first-order chi connectivity index (χ1) is 11.8. The minimum absolute atomic E-state index is 0. The second kappa shape index (κ2) is 8.53. The van der Waals surface area contributed by atoms with Crippen LogP contribution in [0, 0.1) is 5.92 Å². The van der Waals surface area contributed by atoms with Gasteiger partial charge in [-0.3, -0.25) is 4.99 Å². The Hall–Kier alpha value is -1.09. The average molecular weight is 458 g/mol. The Kier molecular flexibility index (Phi) is 6.38. The Morgan fingerprint density at radius 3 is 2.80 bits per heavy atom. The zero-order valence-corrected chi connectivity index (χ0v) is 16.9. The van der Waals surface area contributed by atoms with Gasteiger partial charge in [-0.05, 0) is 43.6 Å². The van der Waals surface area contributed by atoms with E-state index in [0.29, 0.717) is 30.7 Å². The Balaban J connectivity index is 0.00000182. The van der Waals surface area contributed by atoms with E-state index in [-0.39, 0.29) is 24.0 Å². The van der Waals surface area contributed by atoms with Gasteiger partial charge in [-0.25, -0.2) is 4.98 Å². The number of aliphatic imine (C=N–C) groups is 1. The van der Waals surface area contributed by atoms with Crippen molar-refractivity contribution in [3.63, 3.8) is 0 Å². The fourth-order valence-electron chi connectivity index (χ4n) is 3.43. The van der Waals surface area contributed by atoms with Gasteiger partial charge in [0.05, 0.1) is 24.9 Å². The van der Waals surface area contributed by atoms with Crippen molar-refractivity contribution in [1.82, 2.24) is 15.6 Å². The number of guanidine groups is 1. The van der Waals surface area contributed by atoms with Crippen LogP contribution in [0.2, 0.25) is 0 Å². The molecule has 0 spiro atoms. The molecule has 0 amide bonds. The lowest BCUT2D eigenvalue weighted by molar-refractivity contribution is 0.0992. The lowest BCUT2D eigenvalue weighted by atomic mass is 9.96. The molecule has 3 heterocycles. The van der Waals surface area contributed by atoms with Crippen molar-refractivity contribution in [2.75, 3.05) is 13.7 Å². The molecule has 3 unspecified atom stereocenters. The summed E-state index contributed by atoms with van der Waals surface area (Å²) in [5.41, 5.74) is 1.11. The van der Waals surface area contributed by atoms with Crippen LogP contribution in [-0.2, 0) is 11.3 Å². The summed E-state index contributed by atoms with van der Waals surface area (Å²) in [5, 5.41) is 6.84. The first-order valence-corrected chi connectivity index (χ1v) is 9.00. The summed E-state index contributed by atoms with van der Waals surface area (Å²) in [6.07, 6.45) is 8.68. The summed E-state index contributed by atoms with van der Waals surface area (Å²) in [5.74, 6) is 2.29. The normalized spacial score (nSPS) is 27.7. The number of rotatable bonds is 6. The third-order valence-corrected chi connectivity index (χ3v) is 5.07. The molecule has 0 aromatic carbocycles. The summed E-state index contributed by atoms with van der Waals surface area (Å²) in [6.45, 7) is 1.49. The number of pyridine rings is 1. The van der Waals surface area contributed by atoms with E-state index in [2.05, 4.69) is 26.7 Å². The van der Waals surface area contributed by atoms with Crippen molar-refractivity contribution in [3.8, 4) is 5.88 Å². The van der Waals surface area contributed by atoms with E-state index in [9.17, 15) is 0 Å². The van der Waals surface area contributed by atoms with Crippen molar-refractivity contribution in [1.29, 1.82) is 0 Å². The van der Waals surface area contributed by atoms with Gasteiger partial charge in [-0.1, -0.05) is 6.07 Å². The SMILES string of the molecule is CN=C(NCc1ccc(OCC2CC2)nc1)NC1CC2CCC1O2.I. The lowest BCUT2D eigenvalue weighted by Gasteiger charge is -2.22. The molecule has 1 aliphatic carbocycles. The Labute approximate surface area is 166 Å². The van der Waals surface area contributed by atoms with Crippen LogP contribution < -0.4 is 15.4 Å². The highest BCUT2D eigenvalue weighted by atomic mass is 127. The maximum absolute atomic E-state index is 5.88. The molecule has 138 valence electrons. The standard InChI is InChI=1S/C18H26N4O2.HI/c1-19-18(22-15-8-14-5-6-16(15)24-14)21-10-13-4-7-17(20-9-13)23-11-12-2-3-12;/h4,7,9,12,14-16H,2-3,5-6,8,10-11H2,1H3,(H2,19,21,22);1H. The number of ether oxygens (including phenoxy) is 2.